The van der Waals surface area contributed by atoms with E-state index in [9.17, 15) is 0 Å². The van der Waals surface area contributed by atoms with Gasteiger partial charge in [-0.25, -0.2) is 4.98 Å². The summed E-state index contributed by atoms with van der Waals surface area (Å²) in [6.07, 6.45) is 0. The summed E-state index contributed by atoms with van der Waals surface area (Å²) in [5.74, 6) is 0. The predicted octanol–water partition coefficient (Wildman–Crippen LogP) is 7.64. The molecule has 5 aromatic rings. The van der Waals surface area contributed by atoms with Crippen LogP contribution in [-0.2, 0) is 5.41 Å². The van der Waals surface area contributed by atoms with Gasteiger partial charge in [0.25, 0.3) is 0 Å². The van der Waals surface area contributed by atoms with Crippen LogP contribution in [0.3, 0.4) is 0 Å². The summed E-state index contributed by atoms with van der Waals surface area (Å²) in [5, 5.41) is 5.89. The lowest BCUT2D eigenvalue weighted by atomic mass is 9.82. The van der Waals surface area contributed by atoms with E-state index in [1.165, 1.54) is 16.3 Å². The molecule has 5 rings (SSSR count). The highest BCUT2D eigenvalue weighted by molar-refractivity contribution is 6.88. The van der Waals surface area contributed by atoms with Crippen molar-refractivity contribution in [1.82, 2.24) is 4.98 Å². The quantitative estimate of drug-likeness (QED) is 0.273. The number of hydrogen-bond acceptors (Lipinski definition) is 2. The van der Waals surface area contributed by atoms with E-state index in [2.05, 4.69) is 101 Å². The molecule has 31 heavy (non-hydrogen) atoms. The second-order valence-electron chi connectivity index (χ2n) is 10.6. The monoisotopic (exact) mass is 423 g/mol. The maximum absolute atomic E-state index is 6.51. The average Bonchev–Trinajstić information content (AvgIpc) is 3.18. The second-order valence-corrected chi connectivity index (χ2v) is 15.6. The molecule has 0 fully saturated rings. The first-order valence-electron chi connectivity index (χ1n) is 11.0. The molecule has 0 saturated heterocycles. The molecule has 2 nitrogen and oxygen atoms in total. The van der Waals surface area contributed by atoms with Gasteiger partial charge >= 0.3 is 0 Å². The third-order valence-electron chi connectivity index (χ3n) is 6.05. The maximum atomic E-state index is 6.51. The fourth-order valence-corrected chi connectivity index (χ4v) is 5.35. The van der Waals surface area contributed by atoms with E-state index in [0.29, 0.717) is 0 Å². The van der Waals surface area contributed by atoms with E-state index in [-0.39, 0.29) is 5.41 Å². The molecule has 2 aromatic heterocycles. The summed E-state index contributed by atoms with van der Waals surface area (Å²) in [4.78, 5) is 5.15. The largest absolute Gasteiger partial charge is 0.465 e. The van der Waals surface area contributed by atoms with Crippen LogP contribution in [0.5, 0.6) is 0 Å². The van der Waals surface area contributed by atoms with Crippen LogP contribution in [0.15, 0.2) is 71.1 Å². The smallest absolute Gasteiger partial charge is 0.145 e. The van der Waals surface area contributed by atoms with Crippen molar-refractivity contribution in [3.8, 4) is 11.3 Å². The molecule has 0 amide bonds. The molecule has 0 saturated carbocycles. The summed E-state index contributed by atoms with van der Waals surface area (Å²) in [5.41, 5.74) is 5.49. The van der Waals surface area contributed by atoms with E-state index in [4.69, 9.17) is 9.40 Å². The van der Waals surface area contributed by atoms with Crippen molar-refractivity contribution in [2.24, 2.45) is 0 Å². The Morgan fingerprint density at radius 1 is 0.774 bits per heavy atom. The van der Waals surface area contributed by atoms with Gasteiger partial charge in [-0.3, -0.25) is 0 Å². The van der Waals surface area contributed by atoms with Gasteiger partial charge in [-0.05, 0) is 52.1 Å². The molecule has 0 bridgehead atoms. The number of nitrogens with zero attached hydrogens (tertiary/aromatic N) is 1. The predicted molar refractivity (Wildman–Crippen MR) is 136 cm³/mol. The zero-order valence-electron chi connectivity index (χ0n) is 19.2. The van der Waals surface area contributed by atoms with Crippen molar-refractivity contribution in [3.05, 3.63) is 72.3 Å². The topological polar surface area (TPSA) is 26.0 Å². The Bertz CT molecular complexity index is 1450. The van der Waals surface area contributed by atoms with Crippen LogP contribution in [0.2, 0.25) is 19.6 Å². The number of rotatable bonds is 2. The summed E-state index contributed by atoms with van der Waals surface area (Å²) in [7, 11) is -1.61. The first kappa shape index (κ1) is 20.0. The summed E-state index contributed by atoms with van der Waals surface area (Å²) < 4.78 is 6.51. The first-order valence-corrected chi connectivity index (χ1v) is 14.5. The van der Waals surface area contributed by atoms with Gasteiger partial charge in [0.15, 0.2) is 0 Å². The van der Waals surface area contributed by atoms with Gasteiger partial charge in [0.05, 0.1) is 16.6 Å². The Morgan fingerprint density at radius 2 is 1.45 bits per heavy atom. The highest BCUT2D eigenvalue weighted by Crippen LogP contribution is 2.38. The van der Waals surface area contributed by atoms with Crippen molar-refractivity contribution in [2.75, 3.05) is 0 Å². The van der Waals surface area contributed by atoms with E-state index < -0.39 is 8.07 Å². The molecule has 0 atom stereocenters. The Balaban J connectivity index is 1.90. The van der Waals surface area contributed by atoms with E-state index >= 15 is 0 Å². The molecule has 0 aliphatic heterocycles. The molecule has 3 heteroatoms. The zero-order chi connectivity index (χ0) is 22.0. The van der Waals surface area contributed by atoms with Crippen LogP contribution in [0.1, 0.15) is 26.3 Å². The van der Waals surface area contributed by atoms with Gasteiger partial charge in [0.2, 0.25) is 0 Å². The van der Waals surface area contributed by atoms with Crippen molar-refractivity contribution >= 4 is 46.1 Å². The van der Waals surface area contributed by atoms with Crippen molar-refractivity contribution in [3.63, 3.8) is 0 Å². The van der Waals surface area contributed by atoms with Crippen LogP contribution in [0, 0.1) is 0 Å². The SMILES string of the molecule is CC(C)(C)c1cc(-c2nc3ccccc3c3oc([Si](C)(C)C)cc23)cc2ccccc12. The number of furan rings is 1. The zero-order valence-corrected chi connectivity index (χ0v) is 20.2. The summed E-state index contributed by atoms with van der Waals surface area (Å²) in [6, 6.07) is 23.8. The minimum atomic E-state index is -1.61. The van der Waals surface area contributed by atoms with Crippen LogP contribution < -0.4 is 5.38 Å². The van der Waals surface area contributed by atoms with Crippen LogP contribution in [0.4, 0.5) is 0 Å². The Hall–Kier alpha value is -2.91. The molecule has 156 valence electrons. The third-order valence-corrected chi connectivity index (χ3v) is 7.78. The minimum Gasteiger partial charge on any atom is -0.465 e. The fraction of sp³-hybridized carbons (Fsp3) is 0.250. The fourth-order valence-electron chi connectivity index (χ4n) is 4.37. The Labute approximate surface area is 184 Å². The lowest BCUT2D eigenvalue weighted by molar-refractivity contribution is 0.596. The summed E-state index contributed by atoms with van der Waals surface area (Å²) >= 11 is 0. The molecular weight excluding hydrogens is 394 g/mol. The number of para-hydroxylation sites is 1. The molecule has 0 aliphatic carbocycles. The Kier molecular flexibility index (Phi) is 4.39. The van der Waals surface area contributed by atoms with E-state index in [0.717, 1.165) is 38.5 Å². The molecule has 0 N–H and O–H groups in total. The lowest BCUT2D eigenvalue weighted by Gasteiger charge is -2.23. The molecular formula is C28H29NOSi. The van der Waals surface area contributed by atoms with Crippen molar-refractivity contribution in [2.45, 2.75) is 45.8 Å². The van der Waals surface area contributed by atoms with Crippen LogP contribution in [0.25, 0.3) is 43.9 Å². The number of hydrogen-bond donors (Lipinski definition) is 0. The van der Waals surface area contributed by atoms with Gasteiger partial charge < -0.3 is 4.42 Å². The van der Waals surface area contributed by atoms with Gasteiger partial charge in [-0.15, -0.1) is 0 Å². The standard InChI is InChI=1S/C28H29NOSi/c1-28(2,3)23-16-19(15-18-11-7-8-12-20(18)23)26-22-17-25(31(4,5)6)30-27(22)21-13-9-10-14-24(21)29-26/h7-17H,1-6H3. The summed E-state index contributed by atoms with van der Waals surface area (Å²) in [6.45, 7) is 13.8. The first-order chi connectivity index (χ1) is 14.6. The van der Waals surface area contributed by atoms with E-state index in [1.54, 1.807) is 0 Å². The second kappa shape index (κ2) is 6.79. The third kappa shape index (κ3) is 3.37. The average molecular weight is 424 g/mol. The van der Waals surface area contributed by atoms with Crippen LogP contribution >= 0.6 is 0 Å². The van der Waals surface area contributed by atoms with E-state index in [1.807, 2.05) is 6.07 Å². The molecule has 2 heterocycles. The number of fused-ring (bicyclic) bond motifs is 4. The van der Waals surface area contributed by atoms with Gasteiger partial charge in [-0.2, -0.15) is 0 Å². The minimum absolute atomic E-state index is 0.0332. The molecule has 3 aromatic carbocycles. The molecule has 0 spiro atoms. The van der Waals surface area contributed by atoms with Crippen molar-refractivity contribution < 1.29 is 4.42 Å². The number of pyridine rings is 1. The lowest BCUT2D eigenvalue weighted by Crippen LogP contribution is -2.36. The van der Waals surface area contributed by atoms with Crippen molar-refractivity contribution in [1.29, 1.82) is 0 Å². The highest BCUT2D eigenvalue weighted by atomic mass is 28.3. The van der Waals surface area contributed by atoms with Gasteiger partial charge in [-0.1, -0.05) is 76.8 Å². The normalized spacial score (nSPS) is 12.8. The van der Waals surface area contributed by atoms with Gasteiger partial charge in [0, 0.05) is 16.3 Å². The van der Waals surface area contributed by atoms with Crippen LogP contribution in [-0.4, -0.2) is 13.1 Å². The molecule has 0 aliphatic rings. The maximum Gasteiger partial charge on any atom is 0.145 e. The molecule has 0 radical (unpaired) electrons. The Morgan fingerprint density at radius 3 is 2.16 bits per heavy atom. The molecule has 0 unspecified atom stereocenters. The number of aromatic nitrogens is 1. The highest BCUT2D eigenvalue weighted by Gasteiger charge is 2.25. The van der Waals surface area contributed by atoms with Gasteiger partial charge in [0.1, 0.15) is 13.7 Å². The number of benzene rings is 3.